The highest BCUT2D eigenvalue weighted by atomic mass is 16.3. The van der Waals surface area contributed by atoms with Crippen LogP contribution in [0, 0.1) is 0 Å². The highest BCUT2D eigenvalue weighted by molar-refractivity contribution is 5.75. The monoisotopic (exact) mass is 160 g/mol. The quantitative estimate of drug-likeness (QED) is 0.576. The van der Waals surface area contributed by atoms with Gasteiger partial charge in [0.15, 0.2) is 0 Å². The summed E-state index contributed by atoms with van der Waals surface area (Å²) in [6.07, 6.45) is 0.604. The summed E-state index contributed by atoms with van der Waals surface area (Å²) in [6, 6.07) is 0. The van der Waals surface area contributed by atoms with Crippen molar-refractivity contribution in [2.45, 2.75) is 13.3 Å². The summed E-state index contributed by atoms with van der Waals surface area (Å²) >= 11 is 0. The molecular formula is C8H18NO2+. The SMILES string of the molecule is CC(=O)CC[N+](C)(C)CCO. The Balaban J connectivity index is 3.63. The van der Waals surface area contributed by atoms with E-state index < -0.39 is 0 Å². The van der Waals surface area contributed by atoms with Crippen molar-refractivity contribution >= 4 is 5.78 Å². The van der Waals surface area contributed by atoms with Gasteiger partial charge < -0.3 is 9.59 Å². The molecule has 0 aromatic carbocycles. The molecule has 0 aliphatic carbocycles. The molecule has 0 atom stereocenters. The molecule has 3 nitrogen and oxygen atoms in total. The number of Topliss-reactive ketones (excluding diaryl/α,β-unsaturated/α-hetero) is 1. The molecule has 0 bridgehead atoms. The zero-order valence-electron chi connectivity index (χ0n) is 7.63. The lowest BCUT2D eigenvalue weighted by Crippen LogP contribution is -2.43. The molecule has 3 heteroatoms. The van der Waals surface area contributed by atoms with E-state index in [0.29, 0.717) is 13.0 Å². The fourth-order valence-electron chi connectivity index (χ4n) is 0.843. The van der Waals surface area contributed by atoms with Crippen LogP contribution in [0.5, 0.6) is 0 Å². The van der Waals surface area contributed by atoms with Crippen LogP contribution in [-0.2, 0) is 4.79 Å². The van der Waals surface area contributed by atoms with Crippen LogP contribution >= 0.6 is 0 Å². The normalized spacial score (nSPS) is 11.6. The van der Waals surface area contributed by atoms with Gasteiger partial charge in [0.2, 0.25) is 0 Å². The molecule has 11 heavy (non-hydrogen) atoms. The Morgan fingerprint density at radius 2 is 1.91 bits per heavy atom. The molecular weight excluding hydrogens is 142 g/mol. The van der Waals surface area contributed by atoms with Gasteiger partial charge in [0.25, 0.3) is 0 Å². The van der Waals surface area contributed by atoms with Crippen molar-refractivity contribution in [3.63, 3.8) is 0 Å². The average Bonchev–Trinajstić information content (AvgIpc) is 1.84. The van der Waals surface area contributed by atoms with Crippen LogP contribution in [0.15, 0.2) is 0 Å². The van der Waals surface area contributed by atoms with Gasteiger partial charge in [-0.2, -0.15) is 0 Å². The van der Waals surface area contributed by atoms with E-state index in [9.17, 15) is 4.79 Å². The minimum absolute atomic E-state index is 0.185. The number of hydrogen-bond donors (Lipinski definition) is 1. The predicted molar refractivity (Wildman–Crippen MR) is 44.2 cm³/mol. The molecule has 0 saturated carbocycles. The maximum atomic E-state index is 10.6. The second kappa shape index (κ2) is 4.46. The van der Waals surface area contributed by atoms with E-state index in [1.807, 2.05) is 14.1 Å². The van der Waals surface area contributed by atoms with Gasteiger partial charge in [0.05, 0.1) is 33.7 Å². The van der Waals surface area contributed by atoms with E-state index in [1.165, 1.54) is 0 Å². The maximum absolute atomic E-state index is 10.6. The van der Waals surface area contributed by atoms with Gasteiger partial charge in [-0.1, -0.05) is 0 Å². The van der Waals surface area contributed by atoms with Gasteiger partial charge in [-0.05, 0) is 6.92 Å². The zero-order valence-corrected chi connectivity index (χ0v) is 7.63. The van der Waals surface area contributed by atoms with E-state index in [0.717, 1.165) is 11.0 Å². The van der Waals surface area contributed by atoms with Crippen LogP contribution in [0.3, 0.4) is 0 Å². The number of likely N-dealkylation sites (N-methyl/N-ethyl adjacent to an activating group) is 1. The van der Waals surface area contributed by atoms with Crippen LogP contribution in [0.2, 0.25) is 0 Å². The highest BCUT2D eigenvalue weighted by Crippen LogP contribution is 1.98. The average molecular weight is 160 g/mol. The fourth-order valence-corrected chi connectivity index (χ4v) is 0.843. The van der Waals surface area contributed by atoms with Gasteiger partial charge in [0.1, 0.15) is 12.3 Å². The molecule has 0 aliphatic rings. The Hall–Kier alpha value is -0.410. The first-order valence-electron chi connectivity index (χ1n) is 3.90. The van der Waals surface area contributed by atoms with E-state index in [1.54, 1.807) is 6.92 Å². The van der Waals surface area contributed by atoms with E-state index in [2.05, 4.69) is 0 Å². The number of aliphatic hydroxyl groups excluding tert-OH is 1. The molecule has 0 aliphatic heterocycles. The second-order valence-corrected chi connectivity index (χ2v) is 3.56. The molecule has 0 radical (unpaired) electrons. The van der Waals surface area contributed by atoms with Crippen molar-refractivity contribution in [1.29, 1.82) is 0 Å². The summed E-state index contributed by atoms with van der Waals surface area (Å²) in [5.74, 6) is 0.217. The first kappa shape index (κ1) is 10.6. The highest BCUT2D eigenvalue weighted by Gasteiger charge is 2.13. The summed E-state index contributed by atoms with van der Waals surface area (Å²) in [6.45, 7) is 3.31. The Morgan fingerprint density at radius 3 is 2.27 bits per heavy atom. The number of nitrogens with zero attached hydrogens (tertiary/aromatic N) is 1. The summed E-state index contributed by atoms with van der Waals surface area (Å²) in [5.41, 5.74) is 0. The molecule has 0 fully saturated rings. The van der Waals surface area contributed by atoms with Crippen LogP contribution < -0.4 is 0 Å². The van der Waals surface area contributed by atoms with Gasteiger partial charge >= 0.3 is 0 Å². The van der Waals surface area contributed by atoms with Crippen LogP contribution in [-0.4, -0.2) is 49.2 Å². The van der Waals surface area contributed by atoms with Gasteiger partial charge in [-0.15, -0.1) is 0 Å². The third kappa shape index (κ3) is 6.01. The lowest BCUT2D eigenvalue weighted by molar-refractivity contribution is -0.890. The number of hydrogen-bond acceptors (Lipinski definition) is 2. The smallest absolute Gasteiger partial charge is 0.135 e. The molecule has 0 rings (SSSR count). The first-order valence-corrected chi connectivity index (χ1v) is 3.90. The van der Waals surface area contributed by atoms with Crippen LogP contribution in [0.4, 0.5) is 0 Å². The minimum Gasteiger partial charge on any atom is -0.391 e. The van der Waals surface area contributed by atoms with Gasteiger partial charge in [-0.25, -0.2) is 0 Å². The molecule has 1 N–H and O–H groups in total. The van der Waals surface area contributed by atoms with Crippen LogP contribution in [0.25, 0.3) is 0 Å². The summed E-state index contributed by atoms with van der Waals surface area (Å²) < 4.78 is 0.718. The van der Waals surface area contributed by atoms with Crippen molar-refractivity contribution < 1.29 is 14.4 Å². The number of rotatable bonds is 5. The number of aliphatic hydroxyl groups is 1. The van der Waals surface area contributed by atoms with Gasteiger partial charge in [-0.3, -0.25) is 4.79 Å². The van der Waals surface area contributed by atoms with Crippen molar-refractivity contribution in [1.82, 2.24) is 0 Å². The fraction of sp³-hybridized carbons (Fsp3) is 0.875. The second-order valence-electron chi connectivity index (χ2n) is 3.56. The maximum Gasteiger partial charge on any atom is 0.135 e. The topological polar surface area (TPSA) is 37.3 Å². The Morgan fingerprint density at radius 1 is 1.36 bits per heavy atom. The minimum atomic E-state index is 0.185. The van der Waals surface area contributed by atoms with E-state index >= 15 is 0 Å². The zero-order chi connectivity index (χ0) is 8.91. The summed E-state index contributed by atoms with van der Waals surface area (Å²) in [7, 11) is 4.03. The molecule has 0 saturated heterocycles. The number of carbonyl (C=O) groups excluding carboxylic acids is 1. The molecule has 0 heterocycles. The van der Waals surface area contributed by atoms with Gasteiger partial charge in [0, 0.05) is 0 Å². The summed E-state index contributed by atoms with van der Waals surface area (Å²) in [5, 5.41) is 8.67. The number of ketones is 1. The van der Waals surface area contributed by atoms with Crippen molar-refractivity contribution in [2.75, 3.05) is 33.8 Å². The number of quaternary nitrogens is 1. The molecule has 0 unspecified atom stereocenters. The Kier molecular flexibility index (Phi) is 4.30. The third-order valence-electron chi connectivity index (χ3n) is 1.77. The van der Waals surface area contributed by atoms with Crippen molar-refractivity contribution in [2.24, 2.45) is 0 Å². The number of carbonyl (C=O) groups is 1. The molecule has 0 aromatic rings. The lowest BCUT2D eigenvalue weighted by Gasteiger charge is -2.28. The first-order chi connectivity index (χ1) is 4.98. The molecule has 66 valence electrons. The van der Waals surface area contributed by atoms with Crippen molar-refractivity contribution in [3.8, 4) is 0 Å². The predicted octanol–water partition coefficient (Wildman–Crippen LogP) is 0.0342. The molecule has 0 spiro atoms. The largest absolute Gasteiger partial charge is 0.391 e. The van der Waals surface area contributed by atoms with Crippen molar-refractivity contribution in [3.05, 3.63) is 0 Å². The standard InChI is InChI=1S/C8H18NO2/c1-8(11)4-5-9(2,3)6-7-10/h10H,4-7H2,1-3H3/q+1. The molecule has 0 aromatic heterocycles. The Labute approximate surface area is 68.2 Å². The van der Waals surface area contributed by atoms with E-state index in [-0.39, 0.29) is 12.4 Å². The lowest BCUT2D eigenvalue weighted by atomic mass is 10.3. The Bertz CT molecular complexity index is 132. The molecule has 0 amide bonds. The van der Waals surface area contributed by atoms with Crippen LogP contribution in [0.1, 0.15) is 13.3 Å². The van der Waals surface area contributed by atoms with E-state index in [4.69, 9.17) is 5.11 Å². The third-order valence-corrected chi connectivity index (χ3v) is 1.77. The summed E-state index contributed by atoms with van der Waals surface area (Å²) in [4.78, 5) is 10.6.